The fourth-order valence-corrected chi connectivity index (χ4v) is 2.00. The lowest BCUT2D eigenvalue weighted by Crippen LogP contribution is -2.40. The Balaban J connectivity index is 0.00000324. The van der Waals surface area contributed by atoms with Crippen LogP contribution in [0, 0.1) is 5.92 Å². The van der Waals surface area contributed by atoms with E-state index in [1.165, 1.54) is 12.7 Å². The second kappa shape index (κ2) is 10.0. The smallest absolute Gasteiger partial charge is 0.310 e. The highest BCUT2D eigenvalue weighted by Crippen LogP contribution is 2.04. The Hall–Kier alpha value is -0.830. The zero-order chi connectivity index (χ0) is 13.4. The van der Waals surface area contributed by atoms with Crippen LogP contribution in [0.2, 0.25) is 0 Å². The van der Waals surface area contributed by atoms with E-state index in [0.717, 1.165) is 6.54 Å². The van der Waals surface area contributed by atoms with Gasteiger partial charge in [-0.2, -0.15) is 11.3 Å². The number of hydrogen-bond donors (Lipinski definition) is 2. The van der Waals surface area contributed by atoms with Crippen LogP contribution in [0.15, 0.2) is 21.8 Å². The SMILES string of the molecule is CN=C(NCc1ccsc1)NCC(C)C(=O)OC.I. The molecule has 7 heteroatoms. The standard InChI is InChI=1S/C12H19N3O2S.HI/c1-9(11(16)17-3)6-14-12(13-2)15-7-10-4-5-18-8-10;/h4-5,8-9H,6-7H2,1-3H3,(H2,13,14,15);1H. The molecule has 1 unspecified atom stereocenters. The number of hydrogen-bond acceptors (Lipinski definition) is 4. The van der Waals surface area contributed by atoms with Gasteiger partial charge in [-0.3, -0.25) is 9.79 Å². The highest BCUT2D eigenvalue weighted by molar-refractivity contribution is 14.0. The molecule has 0 fully saturated rings. The number of esters is 1. The van der Waals surface area contributed by atoms with Crippen LogP contribution in [0.5, 0.6) is 0 Å². The molecule has 0 radical (unpaired) electrons. The molecule has 19 heavy (non-hydrogen) atoms. The summed E-state index contributed by atoms with van der Waals surface area (Å²) in [5.41, 5.74) is 1.21. The van der Waals surface area contributed by atoms with Crippen molar-refractivity contribution in [1.29, 1.82) is 0 Å². The van der Waals surface area contributed by atoms with Crippen LogP contribution in [0.25, 0.3) is 0 Å². The molecule has 0 amide bonds. The predicted octanol–water partition coefficient (Wildman–Crippen LogP) is 1.84. The van der Waals surface area contributed by atoms with E-state index in [9.17, 15) is 4.79 Å². The maximum Gasteiger partial charge on any atom is 0.310 e. The van der Waals surface area contributed by atoms with Crippen molar-refractivity contribution in [1.82, 2.24) is 10.6 Å². The summed E-state index contributed by atoms with van der Waals surface area (Å²) in [6.45, 7) is 3.02. The van der Waals surface area contributed by atoms with Crippen LogP contribution in [0.4, 0.5) is 0 Å². The zero-order valence-electron chi connectivity index (χ0n) is 11.3. The van der Waals surface area contributed by atoms with E-state index < -0.39 is 0 Å². The monoisotopic (exact) mass is 397 g/mol. The minimum Gasteiger partial charge on any atom is -0.469 e. The minimum absolute atomic E-state index is 0. The van der Waals surface area contributed by atoms with Crippen molar-refractivity contribution in [3.05, 3.63) is 22.4 Å². The number of carbonyl (C=O) groups excluding carboxylic acids is 1. The summed E-state index contributed by atoms with van der Waals surface area (Å²) in [5.74, 6) is 0.252. The topological polar surface area (TPSA) is 62.7 Å². The van der Waals surface area contributed by atoms with E-state index in [1.54, 1.807) is 18.4 Å². The number of aliphatic imine (C=N–C) groups is 1. The molecule has 0 saturated heterocycles. The van der Waals surface area contributed by atoms with Gasteiger partial charge in [0.25, 0.3) is 0 Å². The molecule has 108 valence electrons. The van der Waals surface area contributed by atoms with Crippen LogP contribution >= 0.6 is 35.3 Å². The van der Waals surface area contributed by atoms with Crippen molar-refractivity contribution in [3.63, 3.8) is 0 Å². The van der Waals surface area contributed by atoms with Crippen molar-refractivity contribution in [2.45, 2.75) is 13.5 Å². The largest absolute Gasteiger partial charge is 0.469 e. The van der Waals surface area contributed by atoms with Crippen molar-refractivity contribution in [2.75, 3.05) is 20.7 Å². The quantitative estimate of drug-likeness (QED) is 0.345. The fraction of sp³-hybridized carbons (Fsp3) is 0.500. The zero-order valence-corrected chi connectivity index (χ0v) is 14.5. The highest BCUT2D eigenvalue weighted by atomic mass is 127. The molecule has 1 heterocycles. The van der Waals surface area contributed by atoms with Gasteiger partial charge in [0.15, 0.2) is 5.96 Å². The van der Waals surface area contributed by atoms with Crippen LogP contribution in [-0.4, -0.2) is 32.6 Å². The summed E-state index contributed by atoms with van der Waals surface area (Å²) in [6.07, 6.45) is 0. The molecule has 0 bridgehead atoms. The average Bonchev–Trinajstić information content (AvgIpc) is 2.90. The molecule has 1 aromatic heterocycles. The third-order valence-electron chi connectivity index (χ3n) is 2.44. The van der Waals surface area contributed by atoms with E-state index in [0.29, 0.717) is 12.5 Å². The number of methoxy groups -OCH3 is 1. The molecule has 0 aliphatic carbocycles. The summed E-state index contributed by atoms with van der Waals surface area (Å²) in [5, 5.41) is 10.4. The number of nitrogens with zero attached hydrogens (tertiary/aromatic N) is 1. The molecular formula is C12H20IN3O2S. The first-order chi connectivity index (χ1) is 8.67. The first-order valence-electron chi connectivity index (χ1n) is 5.70. The number of guanidine groups is 1. The number of nitrogens with one attached hydrogen (secondary N) is 2. The number of carbonyl (C=O) groups is 1. The van der Waals surface area contributed by atoms with Gasteiger partial charge in [0.05, 0.1) is 13.0 Å². The third-order valence-corrected chi connectivity index (χ3v) is 3.17. The van der Waals surface area contributed by atoms with E-state index >= 15 is 0 Å². The molecule has 1 aromatic rings. The van der Waals surface area contributed by atoms with E-state index in [1.807, 2.05) is 12.3 Å². The van der Waals surface area contributed by atoms with Crippen LogP contribution < -0.4 is 10.6 Å². The Morgan fingerprint density at radius 3 is 2.79 bits per heavy atom. The fourth-order valence-electron chi connectivity index (χ4n) is 1.33. The van der Waals surface area contributed by atoms with Gasteiger partial charge in [-0.1, -0.05) is 6.92 Å². The Morgan fingerprint density at radius 2 is 2.26 bits per heavy atom. The number of thiophene rings is 1. The van der Waals surface area contributed by atoms with Gasteiger partial charge < -0.3 is 15.4 Å². The van der Waals surface area contributed by atoms with E-state index in [-0.39, 0.29) is 35.9 Å². The van der Waals surface area contributed by atoms with Gasteiger partial charge in [-0.15, -0.1) is 24.0 Å². The number of ether oxygens (including phenoxy) is 1. The lowest BCUT2D eigenvalue weighted by Gasteiger charge is -2.14. The normalized spacial score (nSPS) is 12.3. The van der Waals surface area contributed by atoms with Gasteiger partial charge >= 0.3 is 5.97 Å². The molecule has 2 N–H and O–H groups in total. The average molecular weight is 397 g/mol. The Morgan fingerprint density at radius 1 is 1.53 bits per heavy atom. The van der Waals surface area contributed by atoms with Gasteiger partial charge in [0, 0.05) is 20.1 Å². The lowest BCUT2D eigenvalue weighted by molar-refractivity contribution is -0.144. The molecule has 1 rings (SSSR count). The summed E-state index contributed by atoms with van der Waals surface area (Å²) in [4.78, 5) is 15.3. The molecule has 0 aromatic carbocycles. The van der Waals surface area contributed by atoms with Crippen molar-refractivity contribution in [2.24, 2.45) is 10.9 Å². The molecule has 0 aliphatic rings. The van der Waals surface area contributed by atoms with Crippen LogP contribution in [0.1, 0.15) is 12.5 Å². The second-order valence-electron chi connectivity index (χ2n) is 3.86. The van der Waals surface area contributed by atoms with Crippen molar-refractivity contribution < 1.29 is 9.53 Å². The molecular weight excluding hydrogens is 377 g/mol. The van der Waals surface area contributed by atoms with Gasteiger partial charge in [-0.05, 0) is 22.4 Å². The number of rotatable bonds is 5. The van der Waals surface area contributed by atoms with Crippen LogP contribution in [0.3, 0.4) is 0 Å². The van der Waals surface area contributed by atoms with E-state index in [2.05, 4.69) is 31.8 Å². The highest BCUT2D eigenvalue weighted by Gasteiger charge is 2.13. The van der Waals surface area contributed by atoms with Gasteiger partial charge in [-0.25, -0.2) is 0 Å². The first kappa shape index (κ1) is 18.2. The van der Waals surface area contributed by atoms with Gasteiger partial charge in [0.1, 0.15) is 0 Å². The lowest BCUT2D eigenvalue weighted by atomic mass is 10.2. The molecule has 1 atom stereocenters. The summed E-state index contributed by atoms with van der Waals surface area (Å²) in [6, 6.07) is 2.06. The maximum atomic E-state index is 11.2. The molecule has 5 nitrogen and oxygen atoms in total. The van der Waals surface area contributed by atoms with Crippen molar-refractivity contribution >= 4 is 47.2 Å². The maximum absolute atomic E-state index is 11.2. The van der Waals surface area contributed by atoms with E-state index in [4.69, 9.17) is 0 Å². The minimum atomic E-state index is -0.226. The first-order valence-corrected chi connectivity index (χ1v) is 6.65. The Bertz CT molecular complexity index is 396. The third kappa shape index (κ3) is 6.76. The Labute approximate surface area is 134 Å². The molecule has 0 saturated carbocycles. The van der Waals surface area contributed by atoms with Gasteiger partial charge in [0.2, 0.25) is 0 Å². The summed E-state index contributed by atoms with van der Waals surface area (Å²) < 4.78 is 4.66. The summed E-state index contributed by atoms with van der Waals surface area (Å²) in [7, 11) is 3.09. The number of halogens is 1. The van der Waals surface area contributed by atoms with Crippen molar-refractivity contribution in [3.8, 4) is 0 Å². The van der Waals surface area contributed by atoms with Crippen LogP contribution in [-0.2, 0) is 16.1 Å². The molecule has 0 spiro atoms. The molecule has 0 aliphatic heterocycles. The predicted molar refractivity (Wildman–Crippen MR) is 89.1 cm³/mol. The second-order valence-corrected chi connectivity index (χ2v) is 4.64. The Kier molecular flexibility index (Phi) is 9.58. The summed E-state index contributed by atoms with van der Waals surface area (Å²) >= 11 is 1.66.